The van der Waals surface area contributed by atoms with Crippen LogP contribution in [0.2, 0.25) is 0 Å². The summed E-state index contributed by atoms with van der Waals surface area (Å²) in [5.74, 6) is -3.45. The average Bonchev–Trinajstić information content (AvgIpc) is 2.97. The van der Waals surface area contributed by atoms with Crippen LogP contribution in [0.5, 0.6) is 0 Å². The molecule has 0 saturated carbocycles. The van der Waals surface area contributed by atoms with Crippen molar-refractivity contribution >= 4 is 10.8 Å². The third-order valence-corrected chi connectivity index (χ3v) is 5.74. The van der Waals surface area contributed by atoms with Crippen molar-refractivity contribution in [1.82, 2.24) is 9.88 Å². The smallest absolute Gasteiger partial charge is 0.196 e. The Morgan fingerprint density at radius 1 is 1.03 bits per heavy atom. The van der Waals surface area contributed by atoms with Gasteiger partial charge < -0.3 is 9.88 Å². The van der Waals surface area contributed by atoms with Crippen molar-refractivity contribution < 1.29 is 17.4 Å². The maximum atomic E-state index is 14.3. The first-order valence-corrected chi connectivity index (χ1v) is 10.9. The molecule has 2 aromatic carbocycles. The summed E-state index contributed by atoms with van der Waals surface area (Å²) in [5.41, 5.74) is 3.33. The van der Waals surface area contributed by atoms with E-state index >= 15 is 0 Å². The summed E-state index contributed by atoms with van der Waals surface area (Å²) in [6.07, 6.45) is 1.66. The van der Waals surface area contributed by atoms with E-state index < -0.39 is 28.3 Å². The van der Waals surface area contributed by atoms with E-state index in [-0.39, 0.29) is 11.7 Å². The van der Waals surface area contributed by atoms with Gasteiger partial charge >= 0.3 is 0 Å². The number of halogens is 3. The SMILES string of the molecule is Cc1cc(CNC(CS(C)=O)c2ccccc2)c(C)n1-c1ccc(F)c(F)c1F. The quantitative estimate of drug-likeness (QED) is 0.561. The first-order chi connectivity index (χ1) is 13.8. The Bertz CT molecular complexity index is 1030. The Kier molecular flexibility index (Phi) is 6.59. The van der Waals surface area contributed by atoms with Crippen LogP contribution in [0.4, 0.5) is 13.2 Å². The molecule has 0 saturated heterocycles. The van der Waals surface area contributed by atoms with Crippen LogP contribution in [0, 0.1) is 31.3 Å². The van der Waals surface area contributed by atoms with Crippen molar-refractivity contribution in [2.75, 3.05) is 12.0 Å². The van der Waals surface area contributed by atoms with Crippen LogP contribution in [0.25, 0.3) is 5.69 Å². The predicted molar refractivity (Wildman–Crippen MR) is 110 cm³/mol. The largest absolute Gasteiger partial charge is 0.315 e. The summed E-state index contributed by atoms with van der Waals surface area (Å²) < 4.78 is 54.7. The summed E-state index contributed by atoms with van der Waals surface area (Å²) in [5, 5.41) is 3.42. The van der Waals surface area contributed by atoms with Crippen molar-refractivity contribution in [1.29, 1.82) is 0 Å². The zero-order valence-electron chi connectivity index (χ0n) is 16.5. The number of aromatic nitrogens is 1. The van der Waals surface area contributed by atoms with Crippen molar-refractivity contribution in [2.24, 2.45) is 0 Å². The van der Waals surface area contributed by atoms with E-state index in [2.05, 4.69) is 5.32 Å². The van der Waals surface area contributed by atoms with Crippen LogP contribution in [-0.2, 0) is 17.3 Å². The molecule has 29 heavy (non-hydrogen) atoms. The maximum absolute atomic E-state index is 14.3. The molecule has 154 valence electrons. The zero-order chi connectivity index (χ0) is 21.1. The lowest BCUT2D eigenvalue weighted by Crippen LogP contribution is -2.26. The molecule has 1 aromatic heterocycles. The maximum Gasteiger partial charge on any atom is 0.196 e. The highest BCUT2D eigenvalue weighted by Crippen LogP contribution is 2.26. The van der Waals surface area contributed by atoms with Crippen LogP contribution in [0.1, 0.15) is 28.6 Å². The van der Waals surface area contributed by atoms with Gasteiger partial charge in [-0.05, 0) is 43.2 Å². The lowest BCUT2D eigenvalue weighted by atomic mass is 10.1. The van der Waals surface area contributed by atoms with Gasteiger partial charge in [0.25, 0.3) is 0 Å². The van der Waals surface area contributed by atoms with E-state index in [0.717, 1.165) is 22.9 Å². The number of rotatable bonds is 7. The predicted octanol–water partition coefficient (Wildman–Crippen LogP) is 4.72. The van der Waals surface area contributed by atoms with Gasteiger partial charge in [-0.15, -0.1) is 0 Å². The number of hydrogen-bond donors (Lipinski definition) is 1. The number of hydrogen-bond acceptors (Lipinski definition) is 2. The highest BCUT2D eigenvalue weighted by atomic mass is 32.2. The van der Waals surface area contributed by atoms with Gasteiger partial charge in [0.1, 0.15) is 0 Å². The van der Waals surface area contributed by atoms with Crippen LogP contribution >= 0.6 is 0 Å². The van der Waals surface area contributed by atoms with Crippen molar-refractivity contribution in [3.8, 4) is 5.69 Å². The normalized spacial score (nSPS) is 13.4. The molecule has 0 radical (unpaired) electrons. The van der Waals surface area contributed by atoms with Crippen LogP contribution in [0.15, 0.2) is 48.5 Å². The van der Waals surface area contributed by atoms with E-state index in [1.165, 1.54) is 6.07 Å². The van der Waals surface area contributed by atoms with Gasteiger partial charge in [-0.3, -0.25) is 4.21 Å². The number of nitrogens with one attached hydrogen (secondary N) is 1. The third-order valence-electron chi connectivity index (χ3n) is 4.93. The molecule has 0 fully saturated rings. The summed E-state index contributed by atoms with van der Waals surface area (Å²) in [7, 11) is -0.991. The van der Waals surface area contributed by atoms with Crippen molar-refractivity contribution in [3.05, 3.63) is 88.5 Å². The molecule has 0 bridgehead atoms. The number of aryl methyl sites for hydroxylation is 1. The minimum Gasteiger partial charge on any atom is -0.315 e. The molecule has 2 atom stereocenters. The van der Waals surface area contributed by atoms with Crippen LogP contribution in [0.3, 0.4) is 0 Å². The highest BCUT2D eigenvalue weighted by Gasteiger charge is 2.20. The van der Waals surface area contributed by atoms with Gasteiger partial charge in [-0.25, -0.2) is 13.2 Å². The molecule has 0 aliphatic carbocycles. The summed E-state index contributed by atoms with van der Waals surface area (Å²) >= 11 is 0. The Balaban J connectivity index is 1.88. The van der Waals surface area contributed by atoms with Gasteiger partial charge in [0, 0.05) is 46.8 Å². The molecular weight excluding hydrogens is 397 g/mol. The fraction of sp³-hybridized carbons (Fsp3) is 0.273. The van der Waals surface area contributed by atoms with Crippen molar-refractivity contribution in [2.45, 2.75) is 26.4 Å². The van der Waals surface area contributed by atoms with Gasteiger partial charge in [0.2, 0.25) is 0 Å². The first kappa shape index (κ1) is 21.3. The molecule has 0 spiro atoms. The molecule has 3 nitrogen and oxygen atoms in total. The summed E-state index contributed by atoms with van der Waals surface area (Å²) in [4.78, 5) is 0. The Morgan fingerprint density at radius 2 is 1.72 bits per heavy atom. The standard InChI is InChI=1S/C22H23F3N2OS/c1-14-11-17(12-26-19(13-29(3)28)16-7-5-4-6-8-16)15(2)27(14)20-10-9-18(23)21(24)22(20)25/h4-11,19,26H,12-13H2,1-3H3. The average molecular weight is 421 g/mol. The fourth-order valence-electron chi connectivity index (χ4n) is 3.49. The van der Waals surface area contributed by atoms with Crippen LogP contribution < -0.4 is 5.32 Å². The molecule has 1 N–H and O–H groups in total. The van der Waals surface area contributed by atoms with E-state index in [9.17, 15) is 17.4 Å². The van der Waals surface area contributed by atoms with Gasteiger partial charge in [-0.1, -0.05) is 30.3 Å². The van der Waals surface area contributed by atoms with Gasteiger partial charge in [0.15, 0.2) is 17.5 Å². The Labute approximate surface area is 171 Å². The van der Waals surface area contributed by atoms with Gasteiger partial charge in [0.05, 0.1) is 5.69 Å². The van der Waals surface area contributed by atoms with Crippen molar-refractivity contribution in [3.63, 3.8) is 0 Å². The zero-order valence-corrected chi connectivity index (χ0v) is 17.3. The molecule has 2 unspecified atom stereocenters. The monoisotopic (exact) mass is 420 g/mol. The van der Waals surface area contributed by atoms with E-state index in [1.54, 1.807) is 24.7 Å². The molecule has 0 aliphatic rings. The minimum atomic E-state index is -1.48. The third kappa shape index (κ3) is 4.62. The second kappa shape index (κ2) is 8.97. The molecule has 7 heteroatoms. The number of nitrogens with zero attached hydrogens (tertiary/aromatic N) is 1. The van der Waals surface area contributed by atoms with Gasteiger partial charge in [-0.2, -0.15) is 0 Å². The molecule has 0 aliphatic heterocycles. The second-order valence-corrected chi connectivity index (χ2v) is 8.49. The summed E-state index contributed by atoms with van der Waals surface area (Å²) in [6.45, 7) is 4.05. The summed E-state index contributed by atoms with van der Waals surface area (Å²) in [6, 6.07) is 13.7. The van der Waals surface area contributed by atoms with E-state index in [0.29, 0.717) is 18.0 Å². The van der Waals surface area contributed by atoms with Crippen LogP contribution in [-0.4, -0.2) is 20.8 Å². The molecule has 3 aromatic rings. The molecular formula is C22H23F3N2OS. The highest BCUT2D eigenvalue weighted by molar-refractivity contribution is 7.84. The Morgan fingerprint density at radius 3 is 2.38 bits per heavy atom. The number of benzene rings is 2. The lowest BCUT2D eigenvalue weighted by molar-refractivity contribution is 0.444. The van der Waals surface area contributed by atoms with E-state index in [1.807, 2.05) is 36.4 Å². The lowest BCUT2D eigenvalue weighted by Gasteiger charge is -2.18. The fourth-order valence-corrected chi connectivity index (χ4v) is 4.27. The van der Waals surface area contributed by atoms with E-state index in [4.69, 9.17) is 0 Å². The minimum absolute atomic E-state index is 0.0283. The molecule has 1 heterocycles. The molecule has 3 rings (SSSR count). The molecule has 0 amide bonds. The second-order valence-electron chi connectivity index (χ2n) is 7.01. The topological polar surface area (TPSA) is 34.0 Å². The Hall–Kier alpha value is -2.38. The first-order valence-electron chi connectivity index (χ1n) is 9.19.